The Balaban J connectivity index is 1.86. The molecule has 22 heavy (non-hydrogen) atoms. The van der Waals surface area contributed by atoms with Gasteiger partial charge in [0.2, 0.25) is 15.9 Å². The van der Waals surface area contributed by atoms with Crippen molar-refractivity contribution < 1.29 is 17.9 Å². The van der Waals surface area contributed by atoms with E-state index in [0.717, 1.165) is 11.3 Å². The number of benzene rings is 1. The van der Waals surface area contributed by atoms with Crippen LogP contribution < -0.4 is 4.74 Å². The van der Waals surface area contributed by atoms with Gasteiger partial charge in [-0.2, -0.15) is 4.31 Å². The molecule has 1 amide bonds. The number of sulfonamides is 1. The summed E-state index contributed by atoms with van der Waals surface area (Å²) in [7, 11) is -1.54. The van der Waals surface area contributed by atoms with Crippen molar-refractivity contribution in [2.75, 3.05) is 39.5 Å². The fraction of sp³-hybridized carbons (Fsp3) is 0.533. The second-order valence-electron chi connectivity index (χ2n) is 5.35. The summed E-state index contributed by atoms with van der Waals surface area (Å²) in [6, 6.07) is 7.65. The first-order chi connectivity index (χ1) is 10.4. The van der Waals surface area contributed by atoms with Crippen molar-refractivity contribution in [3.8, 4) is 5.75 Å². The predicted molar refractivity (Wildman–Crippen MR) is 84.3 cm³/mol. The van der Waals surface area contributed by atoms with E-state index in [9.17, 15) is 13.2 Å². The molecule has 1 aromatic carbocycles. The molecule has 1 fully saturated rings. The zero-order chi connectivity index (χ0) is 16.2. The van der Waals surface area contributed by atoms with Gasteiger partial charge in [-0.15, -0.1) is 0 Å². The number of amides is 1. The summed E-state index contributed by atoms with van der Waals surface area (Å²) >= 11 is 0. The van der Waals surface area contributed by atoms with Crippen LogP contribution in [-0.2, 0) is 21.2 Å². The van der Waals surface area contributed by atoms with E-state index in [1.54, 1.807) is 12.0 Å². The number of hydrogen-bond acceptors (Lipinski definition) is 4. The molecular formula is C15H22N2O4S. The lowest BCUT2D eigenvalue weighted by atomic mass is 10.1. The van der Waals surface area contributed by atoms with Gasteiger partial charge in [0.1, 0.15) is 5.75 Å². The van der Waals surface area contributed by atoms with E-state index in [4.69, 9.17) is 4.74 Å². The molecule has 1 aliphatic heterocycles. The number of carbonyl (C=O) groups is 1. The van der Waals surface area contributed by atoms with E-state index in [2.05, 4.69) is 0 Å². The summed E-state index contributed by atoms with van der Waals surface area (Å²) in [6.45, 7) is 1.66. The molecule has 0 saturated carbocycles. The normalized spacial score (nSPS) is 16.5. The molecular weight excluding hydrogens is 304 g/mol. The Morgan fingerprint density at radius 3 is 2.41 bits per heavy atom. The lowest BCUT2D eigenvalue weighted by Gasteiger charge is -2.33. The fourth-order valence-corrected chi connectivity index (χ4v) is 3.40. The number of ether oxygens (including phenoxy) is 1. The number of piperazine rings is 1. The van der Waals surface area contributed by atoms with Crippen LogP contribution in [0.5, 0.6) is 5.75 Å². The maximum atomic E-state index is 12.2. The molecule has 7 heteroatoms. The zero-order valence-electron chi connectivity index (χ0n) is 13.0. The van der Waals surface area contributed by atoms with Gasteiger partial charge in [-0.3, -0.25) is 4.79 Å². The van der Waals surface area contributed by atoms with Crippen LogP contribution in [0.4, 0.5) is 0 Å². The molecule has 0 radical (unpaired) electrons. The summed E-state index contributed by atoms with van der Waals surface area (Å²) in [6.07, 6.45) is 2.22. The van der Waals surface area contributed by atoms with Crippen molar-refractivity contribution in [1.82, 2.24) is 9.21 Å². The molecule has 2 rings (SSSR count). The molecule has 0 spiro atoms. The lowest BCUT2D eigenvalue weighted by molar-refractivity contribution is -0.132. The molecule has 0 aliphatic carbocycles. The Hall–Kier alpha value is -1.60. The highest BCUT2D eigenvalue weighted by molar-refractivity contribution is 7.88. The standard InChI is InChI=1S/C15H22N2O4S/c1-21-14-6-4-3-5-13(14)7-8-15(18)16-9-11-17(12-10-16)22(2,19)20/h3-6H,7-12H2,1-2H3. The SMILES string of the molecule is COc1ccccc1CCC(=O)N1CCN(S(C)(=O)=O)CC1. The van der Waals surface area contributed by atoms with Crippen molar-refractivity contribution in [1.29, 1.82) is 0 Å². The fourth-order valence-electron chi connectivity index (χ4n) is 2.58. The number of nitrogens with zero attached hydrogens (tertiary/aromatic N) is 2. The molecule has 1 aromatic rings. The highest BCUT2D eigenvalue weighted by atomic mass is 32.2. The number of rotatable bonds is 5. The Labute approximate surface area is 131 Å². The largest absolute Gasteiger partial charge is 0.496 e. The second-order valence-corrected chi connectivity index (χ2v) is 7.34. The van der Waals surface area contributed by atoms with E-state index in [0.29, 0.717) is 39.0 Å². The molecule has 0 aromatic heterocycles. The maximum Gasteiger partial charge on any atom is 0.222 e. The zero-order valence-corrected chi connectivity index (χ0v) is 13.8. The summed E-state index contributed by atoms with van der Waals surface area (Å²) in [5, 5.41) is 0. The number of carbonyl (C=O) groups excluding carboxylic acids is 1. The second kappa shape index (κ2) is 7.11. The van der Waals surface area contributed by atoms with Crippen LogP contribution in [0.2, 0.25) is 0 Å². The van der Waals surface area contributed by atoms with Crippen LogP contribution in [0.1, 0.15) is 12.0 Å². The smallest absolute Gasteiger partial charge is 0.222 e. The van der Waals surface area contributed by atoms with E-state index in [1.165, 1.54) is 10.6 Å². The van der Waals surface area contributed by atoms with Gasteiger partial charge >= 0.3 is 0 Å². The van der Waals surface area contributed by atoms with Gasteiger partial charge in [-0.1, -0.05) is 18.2 Å². The quantitative estimate of drug-likeness (QED) is 0.800. The Morgan fingerprint density at radius 2 is 1.82 bits per heavy atom. The van der Waals surface area contributed by atoms with Gasteiger partial charge in [0, 0.05) is 32.6 Å². The highest BCUT2D eigenvalue weighted by Crippen LogP contribution is 2.19. The van der Waals surface area contributed by atoms with Crippen LogP contribution in [-0.4, -0.2) is 63.1 Å². The Morgan fingerprint density at radius 1 is 1.18 bits per heavy atom. The van der Waals surface area contributed by atoms with Crippen LogP contribution in [0, 0.1) is 0 Å². The Bertz CT molecular complexity index is 622. The maximum absolute atomic E-state index is 12.2. The van der Waals surface area contributed by atoms with Crippen molar-refractivity contribution in [2.45, 2.75) is 12.8 Å². The Kier molecular flexibility index (Phi) is 5.42. The average Bonchev–Trinajstić information content (AvgIpc) is 2.52. The highest BCUT2D eigenvalue weighted by Gasteiger charge is 2.25. The van der Waals surface area contributed by atoms with E-state index in [1.807, 2.05) is 24.3 Å². The van der Waals surface area contributed by atoms with Gasteiger partial charge in [-0.05, 0) is 18.1 Å². The average molecular weight is 326 g/mol. The number of aryl methyl sites for hydroxylation is 1. The summed E-state index contributed by atoms with van der Waals surface area (Å²) in [5.41, 5.74) is 1.01. The van der Waals surface area contributed by atoms with Crippen LogP contribution >= 0.6 is 0 Å². The summed E-state index contributed by atoms with van der Waals surface area (Å²) < 4.78 is 29.6. The van der Waals surface area contributed by atoms with E-state index < -0.39 is 10.0 Å². The third-order valence-corrected chi connectivity index (χ3v) is 5.16. The number of hydrogen-bond donors (Lipinski definition) is 0. The summed E-state index contributed by atoms with van der Waals surface area (Å²) in [4.78, 5) is 14.0. The minimum Gasteiger partial charge on any atom is -0.496 e. The van der Waals surface area contributed by atoms with Crippen LogP contribution in [0.3, 0.4) is 0 Å². The first kappa shape index (κ1) is 16.8. The molecule has 1 saturated heterocycles. The first-order valence-corrected chi connectivity index (χ1v) is 9.11. The van der Waals surface area contributed by atoms with Gasteiger partial charge in [-0.25, -0.2) is 8.42 Å². The van der Waals surface area contributed by atoms with Crippen molar-refractivity contribution in [3.63, 3.8) is 0 Å². The third-order valence-electron chi connectivity index (χ3n) is 3.86. The van der Waals surface area contributed by atoms with Crippen molar-refractivity contribution in [2.24, 2.45) is 0 Å². The van der Waals surface area contributed by atoms with Crippen molar-refractivity contribution in [3.05, 3.63) is 29.8 Å². The molecule has 0 bridgehead atoms. The molecule has 1 aliphatic rings. The van der Waals surface area contributed by atoms with Crippen molar-refractivity contribution >= 4 is 15.9 Å². The monoisotopic (exact) mass is 326 g/mol. The molecule has 122 valence electrons. The molecule has 0 N–H and O–H groups in total. The van der Waals surface area contributed by atoms with Gasteiger partial charge in [0.05, 0.1) is 13.4 Å². The van der Waals surface area contributed by atoms with Gasteiger partial charge in [0.15, 0.2) is 0 Å². The molecule has 6 nitrogen and oxygen atoms in total. The third kappa shape index (κ3) is 4.20. The number of methoxy groups -OCH3 is 1. The molecule has 0 atom stereocenters. The van der Waals surface area contributed by atoms with Crippen LogP contribution in [0.15, 0.2) is 24.3 Å². The van der Waals surface area contributed by atoms with Gasteiger partial charge in [0.25, 0.3) is 0 Å². The lowest BCUT2D eigenvalue weighted by Crippen LogP contribution is -2.50. The minimum absolute atomic E-state index is 0.0547. The molecule has 1 heterocycles. The van der Waals surface area contributed by atoms with E-state index in [-0.39, 0.29) is 5.91 Å². The minimum atomic E-state index is -3.16. The van der Waals surface area contributed by atoms with E-state index >= 15 is 0 Å². The first-order valence-electron chi connectivity index (χ1n) is 7.26. The predicted octanol–water partition coefficient (Wildman–Crippen LogP) is 0.732. The van der Waals surface area contributed by atoms with Gasteiger partial charge < -0.3 is 9.64 Å². The summed E-state index contributed by atoms with van der Waals surface area (Å²) in [5.74, 6) is 0.844. The molecule has 0 unspecified atom stereocenters. The van der Waals surface area contributed by atoms with Crippen LogP contribution in [0.25, 0.3) is 0 Å². The topological polar surface area (TPSA) is 66.9 Å². The number of para-hydroxylation sites is 1.